The normalized spacial score (nSPS) is 11.1. The molecule has 0 bridgehead atoms. The average molecular weight is 719 g/mol. The molecule has 2 rings (SSSR count). The summed E-state index contributed by atoms with van der Waals surface area (Å²) < 4.78 is 53.0. The van der Waals surface area contributed by atoms with Gasteiger partial charge in [0, 0.05) is 0 Å². The van der Waals surface area contributed by atoms with Gasteiger partial charge in [-0.05, 0) is 24.3 Å². The van der Waals surface area contributed by atoms with Crippen LogP contribution in [-0.2, 0) is 47.4 Å². The van der Waals surface area contributed by atoms with Crippen molar-refractivity contribution in [3.05, 3.63) is 35.4 Å². The maximum Gasteiger partial charge on any atom is 0.338 e. The van der Waals surface area contributed by atoms with E-state index in [1.165, 1.54) is 0 Å². The van der Waals surface area contributed by atoms with Gasteiger partial charge in [0.1, 0.15) is 13.2 Å². The van der Waals surface area contributed by atoms with Crippen molar-refractivity contribution in [2.75, 3.05) is 119 Å². The van der Waals surface area contributed by atoms with Crippen LogP contribution in [0.5, 0.6) is 34.5 Å². The summed E-state index contributed by atoms with van der Waals surface area (Å²) in [5.74, 6) is -5.51. The molecule has 0 fully saturated rings. The number of hydrogen-bond acceptors (Lipinski definition) is 18. The highest BCUT2D eigenvalue weighted by Crippen LogP contribution is 2.36. The molecule has 0 aliphatic carbocycles. The van der Waals surface area contributed by atoms with Gasteiger partial charge in [-0.25, -0.2) is 9.59 Å². The molecule has 18 heteroatoms. The van der Waals surface area contributed by atoms with E-state index in [9.17, 15) is 40.2 Å². The minimum absolute atomic E-state index is 0.0430. The Morgan fingerprint density at radius 2 is 0.520 bits per heavy atom. The predicted molar refractivity (Wildman–Crippen MR) is 170 cm³/mol. The van der Waals surface area contributed by atoms with Crippen molar-refractivity contribution in [3.63, 3.8) is 0 Å². The smallest absolute Gasteiger partial charge is 0.338 e. The second-order valence-corrected chi connectivity index (χ2v) is 9.90. The second kappa shape index (κ2) is 25.8. The van der Waals surface area contributed by atoms with Gasteiger partial charge >= 0.3 is 11.9 Å². The summed E-state index contributed by atoms with van der Waals surface area (Å²) in [7, 11) is 0. The minimum atomic E-state index is -0.782. The van der Waals surface area contributed by atoms with Crippen molar-refractivity contribution in [1.29, 1.82) is 0 Å². The van der Waals surface area contributed by atoms with E-state index >= 15 is 0 Å². The molecule has 0 unspecified atom stereocenters. The summed E-state index contributed by atoms with van der Waals surface area (Å²) >= 11 is 0. The first-order valence-electron chi connectivity index (χ1n) is 15.7. The molecule has 0 amide bonds. The summed E-state index contributed by atoms with van der Waals surface area (Å²) in [5, 5.41) is 56.3. The number of phenols is 6. The number of hydrogen-bond donors (Lipinski definition) is 6. The van der Waals surface area contributed by atoms with E-state index in [4.69, 9.17) is 47.4 Å². The largest absolute Gasteiger partial charge is 0.504 e. The zero-order chi connectivity index (χ0) is 36.4. The van der Waals surface area contributed by atoms with Crippen LogP contribution < -0.4 is 0 Å². The number of rotatable bonds is 29. The fourth-order valence-corrected chi connectivity index (χ4v) is 3.64. The van der Waals surface area contributed by atoms with E-state index in [0.717, 1.165) is 24.3 Å². The van der Waals surface area contributed by atoms with E-state index in [1.54, 1.807) is 0 Å². The van der Waals surface area contributed by atoms with E-state index in [0.29, 0.717) is 79.3 Å². The van der Waals surface area contributed by atoms with Gasteiger partial charge in [0.2, 0.25) is 0 Å². The molecule has 0 aliphatic heterocycles. The SMILES string of the molecule is O=C(OCCOCCOCCOCCOCCOCCOCCOCCOCCOC(=O)c1cc(O)c(O)c(O)c1)c1cc(O)c(O)c(O)c1. The Morgan fingerprint density at radius 1 is 0.340 bits per heavy atom. The maximum atomic E-state index is 11.9. The average Bonchev–Trinajstić information content (AvgIpc) is 3.09. The van der Waals surface area contributed by atoms with Crippen LogP contribution in [-0.4, -0.2) is 162 Å². The van der Waals surface area contributed by atoms with Crippen LogP contribution in [0.3, 0.4) is 0 Å². The third-order valence-corrected chi connectivity index (χ3v) is 6.14. The van der Waals surface area contributed by atoms with Crippen LogP contribution >= 0.6 is 0 Å². The second-order valence-electron chi connectivity index (χ2n) is 9.90. The van der Waals surface area contributed by atoms with Gasteiger partial charge in [-0.3, -0.25) is 0 Å². The first-order valence-corrected chi connectivity index (χ1v) is 15.7. The van der Waals surface area contributed by atoms with Gasteiger partial charge in [-0.15, -0.1) is 0 Å². The molecule has 0 heterocycles. The lowest BCUT2D eigenvalue weighted by molar-refractivity contribution is -0.0254. The molecule has 50 heavy (non-hydrogen) atoms. The van der Waals surface area contributed by atoms with Crippen molar-refractivity contribution < 1.29 is 87.6 Å². The molecule has 0 saturated heterocycles. The van der Waals surface area contributed by atoms with Crippen molar-refractivity contribution in [3.8, 4) is 34.5 Å². The van der Waals surface area contributed by atoms with E-state index in [-0.39, 0.29) is 50.8 Å². The molecule has 2 aromatic carbocycles. The maximum absolute atomic E-state index is 11.9. The highest BCUT2D eigenvalue weighted by atomic mass is 16.6. The highest BCUT2D eigenvalue weighted by Gasteiger charge is 2.15. The van der Waals surface area contributed by atoms with Gasteiger partial charge in [0.15, 0.2) is 34.5 Å². The number of carbonyl (C=O) groups excluding carboxylic acids is 2. The molecule has 0 saturated carbocycles. The fourth-order valence-electron chi connectivity index (χ4n) is 3.64. The summed E-state index contributed by atoms with van der Waals surface area (Å²) in [6, 6.07) is 3.94. The summed E-state index contributed by atoms with van der Waals surface area (Å²) in [6.45, 7) is 5.38. The van der Waals surface area contributed by atoms with E-state index in [1.807, 2.05) is 0 Å². The van der Waals surface area contributed by atoms with Gasteiger partial charge in [0.05, 0.1) is 117 Å². The van der Waals surface area contributed by atoms with Crippen LogP contribution in [0.1, 0.15) is 20.7 Å². The first kappa shape index (κ1) is 42.0. The monoisotopic (exact) mass is 718 g/mol. The fraction of sp³-hybridized carbons (Fsp3) is 0.562. The lowest BCUT2D eigenvalue weighted by Gasteiger charge is -2.09. The summed E-state index contributed by atoms with van der Waals surface area (Å²) in [5.41, 5.74) is -0.216. The third kappa shape index (κ3) is 18.0. The molecule has 282 valence electrons. The van der Waals surface area contributed by atoms with Crippen molar-refractivity contribution in [2.45, 2.75) is 0 Å². The van der Waals surface area contributed by atoms with Crippen LogP contribution in [0.2, 0.25) is 0 Å². The Labute approximate surface area is 288 Å². The Morgan fingerprint density at radius 3 is 0.720 bits per heavy atom. The number of aromatic hydroxyl groups is 6. The van der Waals surface area contributed by atoms with Crippen LogP contribution in [0.4, 0.5) is 0 Å². The first-order chi connectivity index (χ1) is 24.2. The number of esters is 2. The summed E-state index contributed by atoms with van der Waals surface area (Å²) in [6.07, 6.45) is 0. The molecule has 6 N–H and O–H groups in total. The molecular formula is C32H46O18. The number of benzene rings is 2. The Bertz CT molecular complexity index is 1110. The van der Waals surface area contributed by atoms with Crippen LogP contribution in [0.15, 0.2) is 24.3 Å². The van der Waals surface area contributed by atoms with E-state index in [2.05, 4.69) is 0 Å². The predicted octanol–water partition coefficient (Wildman–Crippen LogP) is 1.07. The standard InChI is InChI=1S/C32H46O18/c33-25-19-23(20-26(34)29(25)37)31(39)49-17-15-47-13-11-45-9-7-43-5-3-41-1-2-42-4-6-44-8-10-46-12-14-48-16-18-50-32(40)24-21-27(35)30(38)28(36)22-24/h19-22,33-38H,1-18H2. The molecule has 18 nitrogen and oxygen atoms in total. The summed E-state index contributed by atoms with van der Waals surface area (Å²) in [4.78, 5) is 23.8. The topological polar surface area (TPSA) is 248 Å². The lowest BCUT2D eigenvalue weighted by atomic mass is 10.2. The molecule has 0 spiro atoms. The molecule has 0 aliphatic rings. The zero-order valence-electron chi connectivity index (χ0n) is 27.6. The highest BCUT2D eigenvalue weighted by molar-refractivity contribution is 5.91. The van der Waals surface area contributed by atoms with Gasteiger partial charge in [-0.1, -0.05) is 0 Å². The zero-order valence-corrected chi connectivity index (χ0v) is 27.6. The Hall–Kier alpha value is -4.14. The number of ether oxygens (including phenoxy) is 10. The molecule has 0 atom stereocenters. The van der Waals surface area contributed by atoms with Gasteiger partial charge in [0.25, 0.3) is 0 Å². The molecule has 0 aromatic heterocycles. The molecule has 0 radical (unpaired) electrons. The Kier molecular flexibility index (Phi) is 21.7. The van der Waals surface area contributed by atoms with Gasteiger partial charge < -0.3 is 78.0 Å². The van der Waals surface area contributed by atoms with Crippen LogP contribution in [0.25, 0.3) is 0 Å². The van der Waals surface area contributed by atoms with Crippen molar-refractivity contribution >= 4 is 11.9 Å². The minimum Gasteiger partial charge on any atom is -0.504 e. The molecule has 2 aromatic rings. The number of phenolic OH excluding ortho intramolecular Hbond substituents is 6. The van der Waals surface area contributed by atoms with Crippen molar-refractivity contribution in [1.82, 2.24) is 0 Å². The Balaban J connectivity index is 1.23. The van der Waals surface area contributed by atoms with E-state index < -0.39 is 46.4 Å². The number of carbonyl (C=O) groups is 2. The van der Waals surface area contributed by atoms with Crippen molar-refractivity contribution in [2.24, 2.45) is 0 Å². The quantitative estimate of drug-likeness (QED) is 0.0391. The van der Waals surface area contributed by atoms with Gasteiger partial charge in [-0.2, -0.15) is 0 Å². The lowest BCUT2D eigenvalue weighted by Crippen LogP contribution is -2.16. The third-order valence-electron chi connectivity index (χ3n) is 6.14. The van der Waals surface area contributed by atoms with Crippen LogP contribution in [0, 0.1) is 0 Å². The molecular weight excluding hydrogens is 672 g/mol.